The van der Waals surface area contributed by atoms with E-state index in [1.807, 2.05) is 6.92 Å². The van der Waals surface area contributed by atoms with Gasteiger partial charge in [0.15, 0.2) is 0 Å². The Bertz CT molecular complexity index is 314. The van der Waals surface area contributed by atoms with E-state index in [4.69, 9.17) is 0 Å². The molecule has 1 radical (unpaired) electrons. The Morgan fingerprint density at radius 1 is 1.45 bits per heavy atom. The summed E-state index contributed by atoms with van der Waals surface area (Å²) >= 11 is 0. The molecule has 0 fully saturated rings. The van der Waals surface area contributed by atoms with Gasteiger partial charge < -0.3 is 0 Å². The molecule has 1 heterocycles. The molecule has 0 unspecified atom stereocenters. The summed E-state index contributed by atoms with van der Waals surface area (Å²) in [6, 6.07) is 0. The minimum absolute atomic E-state index is 1.09. The molecule has 0 atom stereocenters. The second-order valence-corrected chi connectivity index (χ2v) is 2.81. The van der Waals surface area contributed by atoms with Gasteiger partial charge in [0.1, 0.15) is 0 Å². The fourth-order valence-electron chi connectivity index (χ4n) is 1.54. The average Bonchev–Trinajstić information content (AvgIpc) is 2.54. The Hall–Kier alpha value is -1.11. The molecule has 0 saturated heterocycles. The van der Waals surface area contributed by atoms with Crippen molar-refractivity contribution in [3.05, 3.63) is 34.6 Å². The van der Waals surface area contributed by atoms with Gasteiger partial charge in [0.2, 0.25) is 0 Å². The van der Waals surface area contributed by atoms with Gasteiger partial charge in [-0.3, -0.25) is 4.99 Å². The lowest BCUT2D eigenvalue weighted by molar-refractivity contribution is 1.11. The highest BCUT2D eigenvalue weighted by Crippen LogP contribution is 2.33. The molecule has 11 heavy (non-hydrogen) atoms. The van der Waals surface area contributed by atoms with Crippen LogP contribution in [-0.4, -0.2) is 6.21 Å². The van der Waals surface area contributed by atoms with Crippen molar-refractivity contribution in [1.82, 2.24) is 0 Å². The second-order valence-electron chi connectivity index (χ2n) is 2.81. The highest BCUT2D eigenvalue weighted by Gasteiger charge is 2.19. The van der Waals surface area contributed by atoms with Crippen molar-refractivity contribution in [3.63, 3.8) is 0 Å². The topological polar surface area (TPSA) is 12.4 Å². The number of rotatable bonds is 1. The van der Waals surface area contributed by atoms with E-state index in [1.54, 1.807) is 0 Å². The summed E-state index contributed by atoms with van der Waals surface area (Å²) in [6.45, 7) is 4.21. The van der Waals surface area contributed by atoms with Gasteiger partial charge in [0.05, 0.1) is 6.21 Å². The molecule has 2 rings (SSSR count). The first-order valence-electron chi connectivity index (χ1n) is 3.92. The van der Waals surface area contributed by atoms with E-state index in [9.17, 15) is 0 Å². The van der Waals surface area contributed by atoms with Gasteiger partial charge in [-0.2, -0.15) is 0 Å². The first-order valence-corrected chi connectivity index (χ1v) is 3.92. The molecule has 1 aliphatic heterocycles. The first kappa shape index (κ1) is 6.59. The Morgan fingerprint density at radius 3 is 3.00 bits per heavy atom. The largest absolute Gasteiger partial charge is 0.250 e. The number of hydrogen-bond acceptors (Lipinski definition) is 1. The smallest absolute Gasteiger partial charge is 0.0975 e. The lowest BCUT2D eigenvalue weighted by Crippen LogP contribution is -1.86. The third-order valence-electron chi connectivity index (χ3n) is 2.13. The second kappa shape index (κ2) is 2.19. The lowest BCUT2D eigenvalue weighted by Gasteiger charge is -2.01. The van der Waals surface area contributed by atoms with Crippen LogP contribution < -0.4 is 0 Å². The van der Waals surface area contributed by atoms with E-state index in [1.165, 1.54) is 16.7 Å². The number of allylic oxidation sites excluding steroid dienone is 6. The molecule has 0 saturated carbocycles. The predicted octanol–water partition coefficient (Wildman–Crippen LogP) is 2.50. The van der Waals surface area contributed by atoms with Crippen molar-refractivity contribution in [2.45, 2.75) is 20.3 Å². The van der Waals surface area contributed by atoms with E-state index < -0.39 is 0 Å². The summed E-state index contributed by atoms with van der Waals surface area (Å²) < 4.78 is 0. The van der Waals surface area contributed by atoms with E-state index in [-0.39, 0.29) is 0 Å². The number of fused-ring (bicyclic) bond motifs is 1. The molecule has 0 N–H and O–H groups in total. The minimum atomic E-state index is 1.09. The average molecular weight is 144 g/mol. The molecular formula is C10H10N. The molecule has 2 aliphatic rings. The van der Waals surface area contributed by atoms with Crippen molar-refractivity contribution < 1.29 is 0 Å². The SMILES string of the molecule is CCC1=CC=C2[C]=NC(C)=C21. The monoisotopic (exact) mass is 144 g/mol. The van der Waals surface area contributed by atoms with Crippen molar-refractivity contribution in [2.24, 2.45) is 4.99 Å². The van der Waals surface area contributed by atoms with Crippen LogP contribution in [0.15, 0.2) is 39.6 Å². The highest BCUT2D eigenvalue weighted by atomic mass is 14.8. The molecule has 0 aromatic heterocycles. The summed E-state index contributed by atoms with van der Waals surface area (Å²) in [7, 11) is 0. The first-order chi connectivity index (χ1) is 5.33. The Labute approximate surface area is 66.8 Å². The van der Waals surface area contributed by atoms with Gasteiger partial charge in [0, 0.05) is 16.8 Å². The van der Waals surface area contributed by atoms with Gasteiger partial charge in [-0.15, -0.1) is 0 Å². The number of nitrogens with zero attached hydrogens (tertiary/aromatic N) is 1. The van der Waals surface area contributed by atoms with Crippen LogP contribution >= 0.6 is 0 Å². The van der Waals surface area contributed by atoms with Crippen LogP contribution in [0.4, 0.5) is 0 Å². The fourth-order valence-corrected chi connectivity index (χ4v) is 1.54. The van der Waals surface area contributed by atoms with Crippen molar-refractivity contribution in [1.29, 1.82) is 0 Å². The minimum Gasteiger partial charge on any atom is -0.250 e. The van der Waals surface area contributed by atoms with Crippen molar-refractivity contribution >= 4 is 6.21 Å². The van der Waals surface area contributed by atoms with E-state index in [0.29, 0.717) is 0 Å². The molecule has 0 amide bonds. The predicted molar refractivity (Wildman–Crippen MR) is 46.6 cm³/mol. The van der Waals surface area contributed by atoms with Crippen molar-refractivity contribution in [3.8, 4) is 0 Å². The third-order valence-corrected chi connectivity index (χ3v) is 2.13. The van der Waals surface area contributed by atoms with Gasteiger partial charge >= 0.3 is 0 Å². The number of aliphatic imine (C=N–C) groups is 1. The van der Waals surface area contributed by atoms with Crippen LogP contribution in [0.2, 0.25) is 0 Å². The lowest BCUT2D eigenvalue weighted by atomic mass is 10.0. The third kappa shape index (κ3) is 0.805. The van der Waals surface area contributed by atoms with Gasteiger partial charge in [0.25, 0.3) is 0 Å². The summed E-state index contributed by atoms with van der Waals surface area (Å²) in [5.41, 5.74) is 4.99. The molecular weight excluding hydrogens is 134 g/mol. The molecule has 1 nitrogen and oxygen atoms in total. The van der Waals surface area contributed by atoms with E-state index >= 15 is 0 Å². The zero-order valence-electron chi connectivity index (χ0n) is 6.81. The molecule has 0 bridgehead atoms. The molecule has 0 spiro atoms. The normalized spacial score (nSPS) is 20.5. The van der Waals surface area contributed by atoms with Gasteiger partial charge in [-0.25, -0.2) is 0 Å². The van der Waals surface area contributed by atoms with E-state index in [0.717, 1.165) is 12.1 Å². The molecule has 0 aromatic carbocycles. The maximum absolute atomic E-state index is 4.14. The summed E-state index contributed by atoms with van der Waals surface area (Å²) in [6.07, 6.45) is 8.33. The molecule has 1 heteroatoms. The highest BCUT2D eigenvalue weighted by molar-refractivity contribution is 5.93. The van der Waals surface area contributed by atoms with Crippen LogP contribution in [0.5, 0.6) is 0 Å². The van der Waals surface area contributed by atoms with Gasteiger partial charge in [-0.05, 0) is 18.9 Å². The van der Waals surface area contributed by atoms with E-state index in [2.05, 4.69) is 30.3 Å². The standard InChI is InChI=1S/C10H10N/c1-3-8-4-5-9-6-11-7(2)10(8)9/h4-5H,3H2,1-2H3. The van der Waals surface area contributed by atoms with Crippen LogP contribution in [0.1, 0.15) is 20.3 Å². The summed E-state index contributed by atoms with van der Waals surface area (Å²) in [4.78, 5) is 4.14. The maximum Gasteiger partial charge on any atom is 0.0975 e. The summed E-state index contributed by atoms with van der Waals surface area (Å²) in [5.74, 6) is 0. The van der Waals surface area contributed by atoms with Crippen LogP contribution in [0, 0.1) is 0 Å². The number of hydrogen-bond donors (Lipinski definition) is 0. The zero-order valence-corrected chi connectivity index (χ0v) is 6.81. The Morgan fingerprint density at radius 2 is 2.27 bits per heavy atom. The molecule has 0 aromatic rings. The maximum atomic E-state index is 4.14. The van der Waals surface area contributed by atoms with Crippen LogP contribution in [-0.2, 0) is 0 Å². The zero-order chi connectivity index (χ0) is 7.84. The van der Waals surface area contributed by atoms with Crippen LogP contribution in [0.3, 0.4) is 0 Å². The quantitative estimate of drug-likeness (QED) is 0.536. The fraction of sp³-hybridized carbons (Fsp3) is 0.300. The Kier molecular flexibility index (Phi) is 1.31. The molecule has 55 valence electrons. The van der Waals surface area contributed by atoms with Crippen molar-refractivity contribution in [2.75, 3.05) is 0 Å². The summed E-state index contributed by atoms with van der Waals surface area (Å²) in [5, 5.41) is 0. The Balaban J connectivity index is 2.47. The van der Waals surface area contributed by atoms with Crippen LogP contribution in [0.25, 0.3) is 0 Å². The van der Waals surface area contributed by atoms with Gasteiger partial charge in [-0.1, -0.05) is 19.1 Å². The molecule has 1 aliphatic carbocycles.